The fourth-order valence-corrected chi connectivity index (χ4v) is 4.39. The summed E-state index contributed by atoms with van der Waals surface area (Å²) >= 11 is 4.75. The molecule has 0 unspecified atom stereocenters. The van der Waals surface area contributed by atoms with E-state index in [4.69, 9.17) is 0 Å². The van der Waals surface area contributed by atoms with Gasteiger partial charge in [0.15, 0.2) is 16.9 Å². The van der Waals surface area contributed by atoms with E-state index in [2.05, 4.69) is 44.9 Å². The van der Waals surface area contributed by atoms with E-state index >= 15 is 0 Å². The highest BCUT2D eigenvalue weighted by Crippen LogP contribution is 2.17. The number of aryl methyl sites for hydroxylation is 3. The molecule has 0 amide bonds. The van der Waals surface area contributed by atoms with E-state index in [1.807, 2.05) is 20.8 Å². The van der Waals surface area contributed by atoms with Gasteiger partial charge in [-0.1, -0.05) is 0 Å². The van der Waals surface area contributed by atoms with Crippen LogP contribution in [0.25, 0.3) is 31.0 Å². The number of fused-ring (bicyclic) bond motifs is 3. The van der Waals surface area contributed by atoms with E-state index in [0.717, 1.165) is 47.6 Å². The van der Waals surface area contributed by atoms with Crippen molar-refractivity contribution in [2.45, 2.75) is 20.8 Å². The summed E-state index contributed by atoms with van der Waals surface area (Å²) in [5, 5.41) is 1.04. The van der Waals surface area contributed by atoms with Crippen molar-refractivity contribution >= 4 is 65.1 Å². The van der Waals surface area contributed by atoms with Crippen molar-refractivity contribution in [3.8, 4) is 0 Å². The van der Waals surface area contributed by atoms with Gasteiger partial charge in [-0.2, -0.15) is 0 Å². The van der Waals surface area contributed by atoms with Gasteiger partial charge in [-0.25, -0.2) is 44.9 Å². The molecule has 30 heavy (non-hydrogen) atoms. The summed E-state index contributed by atoms with van der Waals surface area (Å²) in [6.07, 6.45) is 6.64. The zero-order chi connectivity index (χ0) is 20.9. The molecule has 0 aliphatic rings. The standard InChI is InChI=1S/3C6H5N3S/c1-4-5-6(8-2-7-4)9-3-10-5;1-4-7-2-5-6(9-4)8-3-10-5;1-4-9-6-5(10-4)2-7-3-8-6/h3*2-3H,1H3. The Bertz CT molecular complexity index is 1370. The lowest BCUT2D eigenvalue weighted by atomic mass is 10.4. The third kappa shape index (κ3) is 4.72. The third-order valence-corrected chi connectivity index (χ3v) is 6.27. The average molecular weight is 454 g/mol. The topological polar surface area (TPSA) is 116 Å². The molecular weight excluding hydrogens is 438 g/mol. The van der Waals surface area contributed by atoms with Crippen LogP contribution in [0.5, 0.6) is 0 Å². The molecule has 0 radical (unpaired) electrons. The van der Waals surface area contributed by atoms with Crippen LogP contribution in [-0.4, -0.2) is 44.9 Å². The number of rotatable bonds is 0. The van der Waals surface area contributed by atoms with E-state index in [-0.39, 0.29) is 0 Å². The molecule has 0 fully saturated rings. The number of aromatic nitrogens is 9. The summed E-state index contributed by atoms with van der Waals surface area (Å²) in [5.74, 6) is 0.776. The summed E-state index contributed by atoms with van der Waals surface area (Å²) in [7, 11) is 0. The summed E-state index contributed by atoms with van der Waals surface area (Å²) < 4.78 is 3.19. The molecular formula is C18H15N9S3. The lowest BCUT2D eigenvalue weighted by molar-refractivity contribution is 1.08. The minimum absolute atomic E-state index is 0.776. The molecule has 150 valence electrons. The minimum Gasteiger partial charge on any atom is -0.243 e. The fourth-order valence-electron chi connectivity index (χ4n) is 2.36. The predicted octanol–water partition coefficient (Wildman–Crippen LogP) is 4.18. The van der Waals surface area contributed by atoms with Gasteiger partial charge < -0.3 is 0 Å². The van der Waals surface area contributed by atoms with E-state index in [9.17, 15) is 0 Å². The molecule has 0 aliphatic carbocycles. The molecule has 0 bridgehead atoms. The first-order valence-corrected chi connectivity index (χ1v) is 11.2. The first-order valence-electron chi connectivity index (χ1n) is 8.67. The first-order chi connectivity index (χ1) is 14.6. The molecule has 6 aromatic heterocycles. The lowest BCUT2D eigenvalue weighted by Crippen LogP contribution is -1.84. The number of thiazole rings is 3. The van der Waals surface area contributed by atoms with Crippen LogP contribution >= 0.6 is 34.0 Å². The van der Waals surface area contributed by atoms with Gasteiger partial charge in [0.2, 0.25) is 0 Å². The molecule has 0 atom stereocenters. The van der Waals surface area contributed by atoms with Crippen molar-refractivity contribution in [2.24, 2.45) is 0 Å². The second-order valence-electron chi connectivity index (χ2n) is 5.87. The monoisotopic (exact) mass is 453 g/mol. The zero-order valence-corrected chi connectivity index (χ0v) is 18.7. The van der Waals surface area contributed by atoms with Crippen molar-refractivity contribution in [3.63, 3.8) is 0 Å². The van der Waals surface area contributed by atoms with Gasteiger partial charge in [0.1, 0.15) is 18.5 Å². The maximum atomic E-state index is 4.18. The minimum atomic E-state index is 0.776. The Morgan fingerprint density at radius 2 is 1.43 bits per heavy atom. The second-order valence-corrected chi connectivity index (χ2v) is 8.84. The summed E-state index contributed by atoms with van der Waals surface area (Å²) in [4.78, 5) is 36.3. The van der Waals surface area contributed by atoms with Crippen LogP contribution in [0.1, 0.15) is 16.5 Å². The Morgan fingerprint density at radius 3 is 2.27 bits per heavy atom. The van der Waals surface area contributed by atoms with E-state index in [1.165, 1.54) is 12.7 Å². The van der Waals surface area contributed by atoms with Crippen molar-refractivity contribution < 1.29 is 0 Å². The Morgan fingerprint density at radius 1 is 0.667 bits per heavy atom. The lowest BCUT2D eigenvalue weighted by Gasteiger charge is -1.88. The van der Waals surface area contributed by atoms with Crippen LogP contribution in [0.4, 0.5) is 0 Å². The SMILES string of the molecule is Cc1nc2ncncc2s1.Cc1ncc2scnc2n1.Cc1ncnc2ncsc12. The smallest absolute Gasteiger partial charge is 0.173 e. The molecule has 0 saturated heterocycles. The summed E-state index contributed by atoms with van der Waals surface area (Å²) in [6.45, 7) is 5.79. The van der Waals surface area contributed by atoms with Crippen LogP contribution in [0.3, 0.4) is 0 Å². The molecule has 6 rings (SSSR count). The molecule has 0 N–H and O–H groups in total. The van der Waals surface area contributed by atoms with Gasteiger partial charge in [-0.3, -0.25) is 0 Å². The number of hydrogen-bond donors (Lipinski definition) is 0. The zero-order valence-electron chi connectivity index (χ0n) is 16.2. The number of nitrogens with zero attached hydrogens (tertiary/aromatic N) is 9. The van der Waals surface area contributed by atoms with Gasteiger partial charge in [-0.15, -0.1) is 34.0 Å². The molecule has 0 aromatic carbocycles. The van der Waals surface area contributed by atoms with Crippen molar-refractivity contribution in [3.05, 3.63) is 52.6 Å². The first kappa shape index (κ1) is 20.2. The molecule has 6 aromatic rings. The second kappa shape index (κ2) is 9.15. The maximum absolute atomic E-state index is 4.18. The van der Waals surface area contributed by atoms with Crippen LogP contribution < -0.4 is 0 Å². The highest BCUT2D eigenvalue weighted by molar-refractivity contribution is 7.18. The normalized spacial score (nSPS) is 10.5. The highest BCUT2D eigenvalue weighted by atomic mass is 32.1. The van der Waals surface area contributed by atoms with E-state index in [1.54, 1.807) is 57.4 Å². The van der Waals surface area contributed by atoms with Crippen LogP contribution in [0.15, 0.2) is 36.1 Å². The van der Waals surface area contributed by atoms with Crippen molar-refractivity contribution in [2.75, 3.05) is 0 Å². The number of hydrogen-bond acceptors (Lipinski definition) is 12. The van der Waals surface area contributed by atoms with Gasteiger partial charge in [-0.05, 0) is 20.8 Å². The van der Waals surface area contributed by atoms with Gasteiger partial charge >= 0.3 is 0 Å². The Kier molecular flexibility index (Phi) is 6.16. The van der Waals surface area contributed by atoms with Gasteiger partial charge in [0.25, 0.3) is 0 Å². The molecule has 12 heteroatoms. The van der Waals surface area contributed by atoms with Crippen LogP contribution in [0.2, 0.25) is 0 Å². The van der Waals surface area contributed by atoms with Crippen LogP contribution in [-0.2, 0) is 0 Å². The average Bonchev–Trinajstić information content (AvgIpc) is 3.47. The molecule has 9 nitrogen and oxygen atoms in total. The predicted molar refractivity (Wildman–Crippen MR) is 120 cm³/mol. The highest BCUT2D eigenvalue weighted by Gasteiger charge is 2.00. The molecule has 0 saturated carbocycles. The molecule has 0 aliphatic heterocycles. The van der Waals surface area contributed by atoms with E-state index < -0.39 is 0 Å². The van der Waals surface area contributed by atoms with Crippen LogP contribution in [0, 0.1) is 20.8 Å². The summed E-state index contributed by atoms with van der Waals surface area (Å²) in [5.41, 5.74) is 6.98. The molecule has 0 spiro atoms. The maximum Gasteiger partial charge on any atom is 0.173 e. The Hall–Kier alpha value is -3.09. The Balaban J connectivity index is 0.000000109. The van der Waals surface area contributed by atoms with Gasteiger partial charge in [0.05, 0.1) is 42.0 Å². The van der Waals surface area contributed by atoms with E-state index in [0.29, 0.717) is 0 Å². The van der Waals surface area contributed by atoms with Crippen molar-refractivity contribution in [1.82, 2.24) is 44.9 Å². The summed E-state index contributed by atoms with van der Waals surface area (Å²) in [6, 6.07) is 0. The van der Waals surface area contributed by atoms with Crippen molar-refractivity contribution in [1.29, 1.82) is 0 Å². The third-order valence-electron chi connectivity index (χ3n) is 3.70. The largest absolute Gasteiger partial charge is 0.243 e. The Labute approximate surface area is 183 Å². The fraction of sp³-hybridized carbons (Fsp3) is 0.167. The quantitative estimate of drug-likeness (QED) is 0.334. The van der Waals surface area contributed by atoms with Gasteiger partial charge in [0, 0.05) is 6.20 Å². The molecule has 6 heterocycles.